The second-order valence-corrected chi connectivity index (χ2v) is 8.24. The van der Waals surface area contributed by atoms with E-state index < -0.39 is 15.9 Å². The molecule has 9 nitrogen and oxygen atoms in total. The first kappa shape index (κ1) is 21.3. The maximum absolute atomic E-state index is 12.7. The van der Waals surface area contributed by atoms with Crippen LogP contribution in [0.25, 0.3) is 0 Å². The molecule has 0 aliphatic heterocycles. The molecule has 1 amide bonds. The van der Waals surface area contributed by atoms with Crippen LogP contribution in [0.3, 0.4) is 0 Å². The molecule has 0 radical (unpaired) electrons. The van der Waals surface area contributed by atoms with E-state index in [0.29, 0.717) is 17.2 Å². The lowest BCUT2D eigenvalue weighted by atomic mass is 10.2. The van der Waals surface area contributed by atoms with Crippen molar-refractivity contribution in [1.29, 1.82) is 0 Å². The Labute approximate surface area is 174 Å². The van der Waals surface area contributed by atoms with E-state index in [4.69, 9.17) is 9.47 Å². The minimum atomic E-state index is -3.65. The van der Waals surface area contributed by atoms with Gasteiger partial charge >= 0.3 is 0 Å². The molecule has 2 N–H and O–H groups in total. The molecular weight excluding hydrogens is 408 g/mol. The first-order chi connectivity index (χ1) is 14.3. The minimum Gasteiger partial charge on any atom is -0.493 e. The molecule has 158 valence electrons. The number of pyridine rings is 1. The fourth-order valence-corrected chi connectivity index (χ4v) is 3.53. The van der Waals surface area contributed by atoms with Crippen LogP contribution in [0.4, 0.5) is 5.69 Å². The first-order valence-electron chi connectivity index (χ1n) is 8.95. The highest BCUT2D eigenvalue weighted by Crippen LogP contribution is 2.31. The maximum atomic E-state index is 12.7. The number of hydrogen-bond donors (Lipinski definition) is 2. The van der Waals surface area contributed by atoms with Crippen LogP contribution >= 0.6 is 0 Å². The minimum absolute atomic E-state index is 0.00729. The number of aromatic nitrogens is 2. The van der Waals surface area contributed by atoms with Crippen molar-refractivity contribution in [2.75, 3.05) is 19.5 Å². The molecule has 0 spiro atoms. The van der Waals surface area contributed by atoms with Crippen molar-refractivity contribution < 1.29 is 22.7 Å². The third-order valence-corrected chi connectivity index (χ3v) is 5.71. The van der Waals surface area contributed by atoms with Crippen molar-refractivity contribution in [3.8, 4) is 11.5 Å². The number of nitrogens with one attached hydrogen (secondary N) is 2. The topological polar surface area (TPSA) is 112 Å². The Bertz CT molecular complexity index is 1140. The molecule has 0 saturated carbocycles. The van der Waals surface area contributed by atoms with Crippen LogP contribution in [-0.4, -0.2) is 38.0 Å². The van der Waals surface area contributed by atoms with Crippen molar-refractivity contribution in [2.24, 2.45) is 7.05 Å². The summed E-state index contributed by atoms with van der Waals surface area (Å²) in [4.78, 5) is 16.7. The number of carbonyl (C=O) groups is 1. The Kier molecular flexibility index (Phi) is 6.38. The standard InChI is InChI=1S/C20H22N4O5S/c1-21-30(26,27)16-10-17(24(2)12-16)20(25)23-15-6-7-18(28-3)19(9-15)29-13-14-5-4-8-22-11-14/h4-12,21H,13H2,1-3H3,(H,23,25). The Morgan fingerprint density at radius 1 is 1.20 bits per heavy atom. The molecule has 30 heavy (non-hydrogen) atoms. The van der Waals surface area contributed by atoms with Gasteiger partial charge in [-0.1, -0.05) is 6.07 Å². The number of nitrogens with zero attached hydrogens (tertiary/aromatic N) is 2. The number of carbonyl (C=O) groups excluding carboxylic acids is 1. The molecule has 0 fully saturated rings. The predicted molar refractivity (Wildman–Crippen MR) is 111 cm³/mol. The van der Waals surface area contributed by atoms with E-state index in [-0.39, 0.29) is 17.2 Å². The molecule has 0 aliphatic rings. The number of rotatable bonds is 8. The second kappa shape index (κ2) is 8.97. The molecule has 1 aromatic carbocycles. The van der Waals surface area contributed by atoms with Gasteiger partial charge in [0.1, 0.15) is 17.2 Å². The van der Waals surface area contributed by atoms with E-state index in [0.717, 1.165) is 5.56 Å². The number of anilines is 1. The van der Waals surface area contributed by atoms with Gasteiger partial charge in [-0.05, 0) is 31.3 Å². The molecule has 10 heteroatoms. The first-order valence-corrected chi connectivity index (χ1v) is 10.4. The number of amides is 1. The van der Waals surface area contributed by atoms with Gasteiger partial charge in [0.05, 0.1) is 7.11 Å². The van der Waals surface area contributed by atoms with E-state index in [1.54, 1.807) is 37.6 Å². The summed E-state index contributed by atoms with van der Waals surface area (Å²) in [7, 11) is 0.787. The monoisotopic (exact) mass is 430 g/mol. The molecule has 2 aromatic heterocycles. The average Bonchev–Trinajstić information content (AvgIpc) is 3.16. The van der Waals surface area contributed by atoms with Gasteiger partial charge in [-0.3, -0.25) is 9.78 Å². The van der Waals surface area contributed by atoms with Gasteiger partial charge in [0, 0.05) is 43.0 Å². The third-order valence-electron chi connectivity index (χ3n) is 4.33. The van der Waals surface area contributed by atoms with Crippen molar-refractivity contribution in [2.45, 2.75) is 11.5 Å². The van der Waals surface area contributed by atoms with Crippen molar-refractivity contribution >= 4 is 21.6 Å². The number of hydrogen-bond acceptors (Lipinski definition) is 6. The van der Waals surface area contributed by atoms with Crippen LogP contribution in [0.2, 0.25) is 0 Å². The zero-order valence-electron chi connectivity index (χ0n) is 16.7. The third kappa shape index (κ3) is 4.78. The van der Waals surface area contributed by atoms with Crippen molar-refractivity contribution in [1.82, 2.24) is 14.3 Å². The van der Waals surface area contributed by atoms with Gasteiger partial charge in [-0.15, -0.1) is 0 Å². The van der Waals surface area contributed by atoms with Gasteiger partial charge < -0.3 is 19.4 Å². The number of benzene rings is 1. The summed E-state index contributed by atoms with van der Waals surface area (Å²) in [6, 6.07) is 10.00. The quantitative estimate of drug-likeness (QED) is 0.567. The molecule has 0 saturated heterocycles. The summed E-state index contributed by atoms with van der Waals surface area (Å²) in [5, 5.41) is 2.75. The van der Waals surface area contributed by atoms with Gasteiger partial charge in [0.2, 0.25) is 10.0 Å². The summed E-state index contributed by atoms with van der Waals surface area (Å²) in [5.41, 5.74) is 1.55. The van der Waals surface area contributed by atoms with Crippen molar-refractivity contribution in [3.05, 3.63) is 66.2 Å². The van der Waals surface area contributed by atoms with Crippen LogP contribution in [0.1, 0.15) is 16.1 Å². The number of methoxy groups -OCH3 is 1. The molecule has 0 bridgehead atoms. The van der Waals surface area contributed by atoms with E-state index in [1.165, 1.54) is 31.0 Å². The Morgan fingerprint density at radius 3 is 2.67 bits per heavy atom. The SMILES string of the molecule is CNS(=O)(=O)c1cc(C(=O)Nc2ccc(OC)c(OCc3cccnc3)c2)n(C)c1. The summed E-state index contributed by atoms with van der Waals surface area (Å²) in [6.45, 7) is 0.282. The van der Waals surface area contributed by atoms with Gasteiger partial charge in [0.25, 0.3) is 5.91 Å². The molecular formula is C20H22N4O5S. The summed E-state index contributed by atoms with van der Waals surface area (Å²) in [6.07, 6.45) is 4.75. The molecule has 2 heterocycles. The average molecular weight is 430 g/mol. The van der Waals surface area contributed by atoms with Crippen LogP contribution < -0.4 is 19.5 Å². The second-order valence-electron chi connectivity index (χ2n) is 6.35. The van der Waals surface area contributed by atoms with Crippen molar-refractivity contribution in [3.63, 3.8) is 0 Å². The summed E-state index contributed by atoms with van der Waals surface area (Å²) in [5.74, 6) is 0.501. The van der Waals surface area contributed by atoms with E-state index in [9.17, 15) is 13.2 Å². The largest absolute Gasteiger partial charge is 0.493 e. The Morgan fingerprint density at radius 2 is 2.00 bits per heavy atom. The smallest absolute Gasteiger partial charge is 0.272 e. The fourth-order valence-electron chi connectivity index (χ4n) is 2.73. The van der Waals surface area contributed by atoms with Crippen LogP contribution in [0, 0.1) is 0 Å². The summed E-state index contributed by atoms with van der Waals surface area (Å²) >= 11 is 0. The van der Waals surface area contributed by atoms with E-state index in [1.807, 2.05) is 12.1 Å². The van der Waals surface area contributed by atoms with Crippen LogP contribution in [0.5, 0.6) is 11.5 Å². The molecule has 0 unspecified atom stereocenters. The summed E-state index contributed by atoms with van der Waals surface area (Å²) < 4.78 is 38.7. The number of sulfonamides is 1. The zero-order valence-corrected chi connectivity index (χ0v) is 17.6. The number of ether oxygens (including phenoxy) is 2. The van der Waals surface area contributed by atoms with Gasteiger partial charge in [-0.2, -0.15) is 0 Å². The van der Waals surface area contributed by atoms with Crippen LogP contribution in [-0.2, 0) is 23.7 Å². The van der Waals surface area contributed by atoms with E-state index in [2.05, 4.69) is 15.0 Å². The molecule has 0 aliphatic carbocycles. The number of aryl methyl sites for hydroxylation is 1. The van der Waals surface area contributed by atoms with E-state index >= 15 is 0 Å². The molecule has 0 atom stereocenters. The highest BCUT2D eigenvalue weighted by molar-refractivity contribution is 7.89. The fraction of sp³-hybridized carbons (Fsp3) is 0.200. The maximum Gasteiger partial charge on any atom is 0.272 e. The van der Waals surface area contributed by atoms with Crippen LogP contribution in [0.15, 0.2) is 59.9 Å². The Balaban J connectivity index is 1.79. The van der Waals surface area contributed by atoms with Gasteiger partial charge in [-0.25, -0.2) is 13.1 Å². The highest BCUT2D eigenvalue weighted by Gasteiger charge is 2.19. The molecule has 3 rings (SSSR count). The Hall–Kier alpha value is -3.37. The zero-order chi connectivity index (χ0) is 21.7. The normalized spacial score (nSPS) is 11.2. The highest BCUT2D eigenvalue weighted by atomic mass is 32.2. The lowest BCUT2D eigenvalue weighted by Gasteiger charge is -2.13. The molecule has 3 aromatic rings. The lowest BCUT2D eigenvalue weighted by molar-refractivity contribution is 0.101. The predicted octanol–water partition coefficient (Wildman–Crippen LogP) is 2.17. The van der Waals surface area contributed by atoms with Gasteiger partial charge in [0.15, 0.2) is 11.5 Å². The lowest BCUT2D eigenvalue weighted by Crippen LogP contribution is -2.18.